The summed E-state index contributed by atoms with van der Waals surface area (Å²) in [6.45, 7) is 4.34. The second-order valence-corrected chi connectivity index (χ2v) is 6.13. The van der Waals surface area contributed by atoms with Crippen LogP contribution in [0.1, 0.15) is 24.8 Å². The first-order chi connectivity index (χ1) is 8.24. The van der Waals surface area contributed by atoms with Crippen molar-refractivity contribution in [2.75, 3.05) is 0 Å². The highest BCUT2D eigenvalue weighted by Gasteiger charge is 2.11. The van der Waals surface area contributed by atoms with E-state index in [1.165, 1.54) is 9.71 Å². The molecule has 86 valence electrons. The van der Waals surface area contributed by atoms with Crippen molar-refractivity contribution in [2.45, 2.75) is 19.8 Å². The minimum absolute atomic E-state index is 0.489. The highest BCUT2D eigenvalue weighted by Crippen LogP contribution is 2.32. The van der Waals surface area contributed by atoms with Gasteiger partial charge in [-0.15, -0.1) is 22.7 Å². The van der Waals surface area contributed by atoms with Crippen LogP contribution in [0.3, 0.4) is 0 Å². The minimum Gasteiger partial charge on any atom is -0.238 e. The highest BCUT2D eigenvalue weighted by molar-refractivity contribution is 7.21. The molecule has 3 aromatic rings. The lowest BCUT2D eigenvalue weighted by atomic mass is 10.2. The largest absolute Gasteiger partial charge is 0.238 e. The zero-order valence-corrected chi connectivity index (χ0v) is 11.3. The molecule has 17 heavy (non-hydrogen) atoms. The van der Waals surface area contributed by atoms with Crippen LogP contribution >= 0.6 is 22.7 Å². The topological polar surface area (TPSA) is 25.8 Å². The van der Waals surface area contributed by atoms with Crippen LogP contribution in [-0.2, 0) is 0 Å². The third-order valence-corrected chi connectivity index (χ3v) is 4.73. The maximum absolute atomic E-state index is 4.64. The third-order valence-electron chi connectivity index (χ3n) is 2.53. The van der Waals surface area contributed by atoms with Crippen molar-refractivity contribution in [3.8, 4) is 10.7 Å². The number of para-hydroxylation sites is 1. The fourth-order valence-corrected chi connectivity index (χ4v) is 3.45. The molecule has 1 aromatic carbocycles. The quantitative estimate of drug-likeness (QED) is 0.676. The Morgan fingerprint density at radius 2 is 1.94 bits per heavy atom. The second kappa shape index (κ2) is 4.20. The first-order valence-corrected chi connectivity index (χ1v) is 7.25. The number of nitrogens with zero attached hydrogens (tertiary/aromatic N) is 2. The van der Waals surface area contributed by atoms with Crippen LogP contribution in [-0.4, -0.2) is 9.97 Å². The number of hydrogen-bond acceptors (Lipinski definition) is 4. The SMILES string of the molecule is CC(C)c1nc(-c2nc3ccccc3s2)cs1. The van der Waals surface area contributed by atoms with Crippen LogP contribution < -0.4 is 0 Å². The van der Waals surface area contributed by atoms with Crippen LogP contribution in [0.2, 0.25) is 0 Å². The number of hydrogen-bond donors (Lipinski definition) is 0. The number of fused-ring (bicyclic) bond motifs is 1. The molecule has 0 N–H and O–H groups in total. The first-order valence-electron chi connectivity index (χ1n) is 5.55. The van der Waals surface area contributed by atoms with Gasteiger partial charge < -0.3 is 0 Å². The van der Waals surface area contributed by atoms with Gasteiger partial charge >= 0.3 is 0 Å². The van der Waals surface area contributed by atoms with Crippen molar-refractivity contribution in [3.63, 3.8) is 0 Å². The van der Waals surface area contributed by atoms with Gasteiger partial charge in [-0.2, -0.15) is 0 Å². The van der Waals surface area contributed by atoms with Crippen LogP contribution in [0.25, 0.3) is 20.9 Å². The molecule has 4 heteroatoms. The average Bonchev–Trinajstić information content (AvgIpc) is 2.95. The van der Waals surface area contributed by atoms with Gasteiger partial charge in [0.2, 0.25) is 0 Å². The molecule has 3 rings (SSSR count). The molecule has 0 saturated heterocycles. The lowest BCUT2D eigenvalue weighted by Gasteiger charge is -1.95. The van der Waals surface area contributed by atoms with Crippen molar-refractivity contribution in [2.24, 2.45) is 0 Å². The summed E-state index contributed by atoms with van der Waals surface area (Å²) in [6.07, 6.45) is 0. The van der Waals surface area contributed by atoms with Crippen LogP contribution in [0, 0.1) is 0 Å². The van der Waals surface area contributed by atoms with Crippen molar-refractivity contribution < 1.29 is 0 Å². The molecule has 0 aliphatic carbocycles. The van der Waals surface area contributed by atoms with Gasteiger partial charge in [-0.05, 0) is 12.1 Å². The molecule has 0 saturated carbocycles. The minimum atomic E-state index is 0.489. The zero-order valence-electron chi connectivity index (χ0n) is 9.68. The smallest absolute Gasteiger partial charge is 0.143 e. The molecule has 0 unspecified atom stereocenters. The molecule has 0 aliphatic heterocycles. The molecule has 0 bridgehead atoms. The summed E-state index contributed by atoms with van der Waals surface area (Å²) in [6, 6.07) is 8.22. The maximum Gasteiger partial charge on any atom is 0.143 e. The Balaban J connectivity index is 2.07. The summed E-state index contributed by atoms with van der Waals surface area (Å²) in [5, 5.41) is 4.31. The molecule has 2 aromatic heterocycles. The normalized spacial score (nSPS) is 11.5. The van der Waals surface area contributed by atoms with Crippen molar-refractivity contribution in [3.05, 3.63) is 34.7 Å². The molecular weight excluding hydrogens is 248 g/mol. The highest BCUT2D eigenvalue weighted by atomic mass is 32.1. The predicted molar refractivity (Wildman–Crippen MR) is 74.8 cm³/mol. The predicted octanol–water partition coefficient (Wildman–Crippen LogP) is 4.54. The Kier molecular flexibility index (Phi) is 2.68. The molecule has 2 heterocycles. The van der Waals surface area contributed by atoms with Crippen molar-refractivity contribution in [1.29, 1.82) is 0 Å². The van der Waals surface area contributed by atoms with E-state index in [0.717, 1.165) is 16.2 Å². The van der Waals surface area contributed by atoms with Crippen LogP contribution in [0.4, 0.5) is 0 Å². The first kappa shape index (κ1) is 10.9. The van der Waals surface area contributed by atoms with E-state index in [1.807, 2.05) is 18.2 Å². The van der Waals surface area contributed by atoms with Crippen LogP contribution in [0.5, 0.6) is 0 Å². The average molecular weight is 260 g/mol. The van der Waals surface area contributed by atoms with Gasteiger partial charge in [0.1, 0.15) is 10.7 Å². The fourth-order valence-electron chi connectivity index (χ4n) is 1.63. The van der Waals surface area contributed by atoms with Gasteiger partial charge in [-0.1, -0.05) is 26.0 Å². The lowest BCUT2D eigenvalue weighted by Crippen LogP contribution is -1.85. The number of aromatic nitrogens is 2. The van der Waals surface area contributed by atoms with E-state index >= 15 is 0 Å². The molecule has 0 atom stereocenters. The Hall–Kier alpha value is -1.26. The summed E-state index contributed by atoms with van der Waals surface area (Å²) >= 11 is 3.43. The van der Waals surface area contributed by atoms with Gasteiger partial charge in [0, 0.05) is 11.3 Å². The Morgan fingerprint density at radius 3 is 2.65 bits per heavy atom. The van der Waals surface area contributed by atoms with E-state index in [1.54, 1.807) is 22.7 Å². The number of benzene rings is 1. The van der Waals surface area contributed by atoms with Gasteiger partial charge in [-0.25, -0.2) is 9.97 Å². The summed E-state index contributed by atoms with van der Waals surface area (Å²) in [7, 11) is 0. The van der Waals surface area contributed by atoms with Crippen molar-refractivity contribution >= 4 is 32.9 Å². The summed E-state index contributed by atoms with van der Waals surface area (Å²) in [5.74, 6) is 0.489. The van der Waals surface area contributed by atoms with Crippen molar-refractivity contribution in [1.82, 2.24) is 9.97 Å². The van der Waals surface area contributed by atoms with Crippen LogP contribution in [0.15, 0.2) is 29.6 Å². The number of rotatable bonds is 2. The van der Waals surface area contributed by atoms with E-state index in [9.17, 15) is 0 Å². The van der Waals surface area contributed by atoms with Gasteiger partial charge in [0.05, 0.1) is 15.2 Å². The standard InChI is InChI=1S/C13H12N2S2/c1-8(2)12-15-10(7-16-12)13-14-9-5-3-4-6-11(9)17-13/h3-8H,1-2H3. The Morgan fingerprint density at radius 1 is 1.12 bits per heavy atom. The van der Waals surface area contributed by atoms with E-state index < -0.39 is 0 Å². The second-order valence-electron chi connectivity index (χ2n) is 4.21. The van der Waals surface area contributed by atoms with Gasteiger partial charge in [0.25, 0.3) is 0 Å². The summed E-state index contributed by atoms with van der Waals surface area (Å²) in [5.41, 5.74) is 2.08. The maximum atomic E-state index is 4.64. The number of thiazole rings is 2. The molecule has 0 amide bonds. The molecule has 2 nitrogen and oxygen atoms in total. The molecular formula is C13H12N2S2. The lowest BCUT2D eigenvalue weighted by molar-refractivity contribution is 0.853. The van der Waals surface area contributed by atoms with E-state index in [0.29, 0.717) is 5.92 Å². The zero-order chi connectivity index (χ0) is 11.8. The molecule has 0 fully saturated rings. The molecule has 0 spiro atoms. The summed E-state index contributed by atoms with van der Waals surface area (Å²) < 4.78 is 1.22. The summed E-state index contributed by atoms with van der Waals surface area (Å²) in [4.78, 5) is 9.26. The van der Waals surface area contributed by atoms with E-state index in [4.69, 9.17) is 0 Å². The molecule has 0 aliphatic rings. The van der Waals surface area contributed by atoms with E-state index in [2.05, 4.69) is 35.3 Å². The Labute approximate surface area is 108 Å². The molecule has 0 radical (unpaired) electrons. The fraction of sp³-hybridized carbons (Fsp3) is 0.231. The van der Waals surface area contributed by atoms with E-state index in [-0.39, 0.29) is 0 Å². The van der Waals surface area contributed by atoms with Gasteiger partial charge in [0.15, 0.2) is 0 Å². The van der Waals surface area contributed by atoms with Gasteiger partial charge in [-0.3, -0.25) is 0 Å². The Bertz CT molecular complexity index is 619. The third kappa shape index (κ3) is 1.98. The monoisotopic (exact) mass is 260 g/mol.